The van der Waals surface area contributed by atoms with E-state index in [1.807, 2.05) is 19.4 Å². The zero-order valence-electron chi connectivity index (χ0n) is 10.9. The average Bonchev–Trinajstić information content (AvgIpc) is 2.49. The second kappa shape index (κ2) is 5.21. The van der Waals surface area contributed by atoms with Crippen molar-refractivity contribution in [2.75, 3.05) is 7.05 Å². The minimum Gasteiger partial charge on any atom is -0.309 e. The van der Waals surface area contributed by atoms with Crippen molar-refractivity contribution in [3.63, 3.8) is 0 Å². The van der Waals surface area contributed by atoms with Crippen LogP contribution in [0.5, 0.6) is 0 Å². The van der Waals surface area contributed by atoms with Crippen molar-refractivity contribution in [3.8, 4) is 0 Å². The summed E-state index contributed by atoms with van der Waals surface area (Å²) < 4.78 is 0. The zero-order valence-corrected chi connectivity index (χ0v) is 10.9. The number of hydrogen-bond acceptors (Lipinski definition) is 2. The third-order valence-corrected chi connectivity index (χ3v) is 3.43. The third kappa shape index (κ3) is 2.35. The van der Waals surface area contributed by atoms with Gasteiger partial charge in [0.2, 0.25) is 0 Å². The Hall–Kier alpha value is -2.19. The standard InChI is InChI=1S/C17H16N2/c1-18-17(14-8-10-19-11-9-14)16-7-6-13-4-2-3-5-15(13)12-16/h2-12,17-18H,1H3. The smallest absolute Gasteiger partial charge is 0.0575 e. The molecule has 0 aliphatic carbocycles. The predicted octanol–water partition coefficient (Wildman–Crippen LogP) is 3.54. The van der Waals surface area contributed by atoms with Gasteiger partial charge in [-0.05, 0) is 47.1 Å². The van der Waals surface area contributed by atoms with Crippen LogP contribution in [0.4, 0.5) is 0 Å². The maximum absolute atomic E-state index is 4.08. The molecule has 1 aromatic heterocycles. The Morgan fingerprint density at radius 1 is 0.842 bits per heavy atom. The van der Waals surface area contributed by atoms with E-state index in [0.717, 1.165) is 0 Å². The fraction of sp³-hybridized carbons (Fsp3) is 0.118. The Morgan fingerprint density at radius 2 is 1.58 bits per heavy atom. The molecule has 2 heteroatoms. The van der Waals surface area contributed by atoms with Crippen LogP contribution in [0.25, 0.3) is 10.8 Å². The van der Waals surface area contributed by atoms with Gasteiger partial charge < -0.3 is 5.32 Å². The predicted molar refractivity (Wildman–Crippen MR) is 79.1 cm³/mol. The number of nitrogens with one attached hydrogen (secondary N) is 1. The second-order valence-corrected chi connectivity index (χ2v) is 4.61. The van der Waals surface area contributed by atoms with Crippen LogP contribution in [0.1, 0.15) is 17.2 Å². The molecule has 0 bridgehead atoms. The highest BCUT2D eigenvalue weighted by Gasteiger charge is 2.11. The van der Waals surface area contributed by atoms with Crippen molar-refractivity contribution in [3.05, 3.63) is 78.1 Å². The van der Waals surface area contributed by atoms with Crippen LogP contribution < -0.4 is 5.32 Å². The molecule has 0 fully saturated rings. The highest BCUT2D eigenvalue weighted by Crippen LogP contribution is 2.24. The van der Waals surface area contributed by atoms with Gasteiger partial charge in [0.25, 0.3) is 0 Å². The summed E-state index contributed by atoms with van der Waals surface area (Å²) in [6.07, 6.45) is 3.67. The number of hydrogen-bond donors (Lipinski definition) is 1. The molecular formula is C17H16N2. The van der Waals surface area contributed by atoms with E-state index in [2.05, 4.69) is 64.9 Å². The van der Waals surface area contributed by atoms with Crippen molar-refractivity contribution < 1.29 is 0 Å². The van der Waals surface area contributed by atoms with Gasteiger partial charge in [0, 0.05) is 12.4 Å². The summed E-state index contributed by atoms with van der Waals surface area (Å²) in [5, 5.41) is 5.92. The molecule has 0 radical (unpaired) electrons. The number of nitrogens with zero attached hydrogens (tertiary/aromatic N) is 1. The lowest BCUT2D eigenvalue weighted by Gasteiger charge is -2.17. The van der Waals surface area contributed by atoms with E-state index in [1.54, 1.807) is 0 Å². The maximum Gasteiger partial charge on any atom is 0.0575 e. The van der Waals surface area contributed by atoms with Crippen molar-refractivity contribution in [2.45, 2.75) is 6.04 Å². The summed E-state index contributed by atoms with van der Waals surface area (Å²) >= 11 is 0. The molecule has 2 aromatic carbocycles. The molecule has 0 saturated carbocycles. The van der Waals surface area contributed by atoms with Crippen molar-refractivity contribution in [1.29, 1.82) is 0 Å². The number of aromatic nitrogens is 1. The van der Waals surface area contributed by atoms with Crippen LogP contribution in [-0.4, -0.2) is 12.0 Å². The van der Waals surface area contributed by atoms with E-state index in [4.69, 9.17) is 0 Å². The van der Waals surface area contributed by atoms with Gasteiger partial charge in [-0.1, -0.05) is 36.4 Å². The molecule has 94 valence electrons. The van der Waals surface area contributed by atoms with Crippen LogP contribution in [0, 0.1) is 0 Å². The van der Waals surface area contributed by atoms with Gasteiger partial charge in [0.1, 0.15) is 0 Å². The van der Waals surface area contributed by atoms with Gasteiger partial charge in [-0.2, -0.15) is 0 Å². The molecule has 3 rings (SSSR count). The summed E-state index contributed by atoms with van der Waals surface area (Å²) in [5.74, 6) is 0. The fourth-order valence-electron chi connectivity index (χ4n) is 2.47. The largest absolute Gasteiger partial charge is 0.309 e. The Balaban J connectivity index is 2.06. The number of benzene rings is 2. The lowest BCUT2D eigenvalue weighted by atomic mass is 9.97. The quantitative estimate of drug-likeness (QED) is 0.766. The van der Waals surface area contributed by atoms with Crippen molar-refractivity contribution >= 4 is 10.8 Å². The fourth-order valence-corrected chi connectivity index (χ4v) is 2.47. The van der Waals surface area contributed by atoms with Gasteiger partial charge >= 0.3 is 0 Å². The normalized spacial score (nSPS) is 12.5. The summed E-state index contributed by atoms with van der Waals surface area (Å²) in [6, 6.07) is 19.3. The summed E-state index contributed by atoms with van der Waals surface area (Å²) in [6.45, 7) is 0. The van der Waals surface area contributed by atoms with E-state index in [9.17, 15) is 0 Å². The molecule has 2 nitrogen and oxygen atoms in total. The Morgan fingerprint density at radius 3 is 2.32 bits per heavy atom. The minimum absolute atomic E-state index is 0.201. The minimum atomic E-state index is 0.201. The zero-order chi connectivity index (χ0) is 13.1. The molecule has 1 heterocycles. The van der Waals surface area contributed by atoms with Gasteiger partial charge in [0.15, 0.2) is 0 Å². The first-order chi connectivity index (χ1) is 9.38. The topological polar surface area (TPSA) is 24.9 Å². The second-order valence-electron chi connectivity index (χ2n) is 4.61. The highest BCUT2D eigenvalue weighted by molar-refractivity contribution is 5.83. The first-order valence-corrected chi connectivity index (χ1v) is 6.44. The molecule has 19 heavy (non-hydrogen) atoms. The molecule has 1 N–H and O–H groups in total. The molecule has 1 unspecified atom stereocenters. The average molecular weight is 248 g/mol. The van der Waals surface area contributed by atoms with Gasteiger partial charge in [-0.3, -0.25) is 4.98 Å². The van der Waals surface area contributed by atoms with E-state index in [1.165, 1.54) is 21.9 Å². The van der Waals surface area contributed by atoms with Crippen LogP contribution >= 0.6 is 0 Å². The molecule has 0 saturated heterocycles. The first kappa shape index (κ1) is 11.9. The number of pyridine rings is 1. The van der Waals surface area contributed by atoms with Crippen molar-refractivity contribution in [1.82, 2.24) is 10.3 Å². The van der Waals surface area contributed by atoms with Crippen molar-refractivity contribution in [2.24, 2.45) is 0 Å². The third-order valence-electron chi connectivity index (χ3n) is 3.43. The van der Waals surface area contributed by atoms with Crippen LogP contribution in [-0.2, 0) is 0 Å². The highest BCUT2D eigenvalue weighted by atomic mass is 14.9. The van der Waals surface area contributed by atoms with Gasteiger partial charge in [0.05, 0.1) is 6.04 Å². The summed E-state index contributed by atoms with van der Waals surface area (Å²) in [4.78, 5) is 4.08. The van der Waals surface area contributed by atoms with Crippen LogP contribution in [0.15, 0.2) is 67.0 Å². The van der Waals surface area contributed by atoms with Crippen LogP contribution in [0.2, 0.25) is 0 Å². The van der Waals surface area contributed by atoms with Gasteiger partial charge in [-0.25, -0.2) is 0 Å². The summed E-state index contributed by atoms with van der Waals surface area (Å²) in [5.41, 5.74) is 2.50. The Kier molecular flexibility index (Phi) is 3.25. The Bertz CT molecular complexity index is 677. The van der Waals surface area contributed by atoms with E-state index < -0.39 is 0 Å². The van der Waals surface area contributed by atoms with E-state index >= 15 is 0 Å². The molecular weight excluding hydrogens is 232 g/mol. The van der Waals surface area contributed by atoms with E-state index in [0.29, 0.717) is 0 Å². The molecule has 0 aliphatic heterocycles. The SMILES string of the molecule is CNC(c1ccncc1)c1ccc2ccccc2c1. The Labute approximate surface area is 113 Å². The lowest BCUT2D eigenvalue weighted by molar-refractivity contribution is 0.691. The molecule has 0 spiro atoms. The number of rotatable bonds is 3. The van der Waals surface area contributed by atoms with Crippen LogP contribution in [0.3, 0.4) is 0 Å². The maximum atomic E-state index is 4.08. The molecule has 0 amide bonds. The molecule has 3 aromatic rings. The lowest BCUT2D eigenvalue weighted by Crippen LogP contribution is -2.17. The number of fused-ring (bicyclic) bond motifs is 1. The molecule has 1 atom stereocenters. The van der Waals surface area contributed by atoms with E-state index in [-0.39, 0.29) is 6.04 Å². The monoisotopic (exact) mass is 248 g/mol. The first-order valence-electron chi connectivity index (χ1n) is 6.44. The molecule has 0 aliphatic rings. The summed E-state index contributed by atoms with van der Waals surface area (Å²) in [7, 11) is 1.99. The van der Waals surface area contributed by atoms with Gasteiger partial charge in [-0.15, -0.1) is 0 Å².